The number of carbonyl (C=O) groups excluding carboxylic acids is 1. The fraction of sp³-hybridized carbons (Fsp3) is 0.417. The van der Waals surface area contributed by atoms with Crippen LogP contribution in [0.15, 0.2) is 21.5 Å². The molecule has 118 valence electrons. The minimum absolute atomic E-state index is 0.0674. The Bertz CT molecular complexity index is 649. The lowest BCUT2D eigenvalue weighted by atomic mass is 10.3. The first-order valence-electron chi connectivity index (χ1n) is 6.06. The number of hydrogen-bond donors (Lipinski definition) is 2. The van der Waals surface area contributed by atoms with Gasteiger partial charge >= 0.3 is 0 Å². The molecule has 1 aromatic rings. The van der Waals surface area contributed by atoms with E-state index in [9.17, 15) is 13.2 Å². The molecule has 0 saturated heterocycles. The number of anilines is 1. The van der Waals surface area contributed by atoms with Crippen LogP contribution in [0.5, 0.6) is 0 Å². The largest absolute Gasteiger partial charge is 0.398 e. The number of nitrogens with zero attached hydrogens (tertiary/aromatic N) is 1. The molecule has 0 aliphatic heterocycles. The zero-order chi connectivity index (χ0) is 16.4. The molecule has 0 radical (unpaired) electrons. The highest BCUT2D eigenvalue weighted by Gasteiger charge is 2.26. The second-order valence-electron chi connectivity index (χ2n) is 4.79. The summed E-state index contributed by atoms with van der Waals surface area (Å²) in [5, 5.41) is 2.83. The van der Waals surface area contributed by atoms with Gasteiger partial charge in [-0.05, 0) is 41.9 Å². The van der Waals surface area contributed by atoms with E-state index in [1.54, 1.807) is 13.8 Å². The number of halogens is 2. The number of carbonyl (C=O) groups is 1. The van der Waals surface area contributed by atoms with Crippen molar-refractivity contribution in [3.63, 3.8) is 0 Å². The van der Waals surface area contributed by atoms with Crippen molar-refractivity contribution < 1.29 is 13.2 Å². The minimum atomic E-state index is -3.88. The van der Waals surface area contributed by atoms with Gasteiger partial charge in [0.15, 0.2) is 0 Å². The Morgan fingerprint density at radius 1 is 1.48 bits per heavy atom. The molecular formula is C12H17BrClN3O3S. The maximum absolute atomic E-state index is 12.5. The fourth-order valence-electron chi connectivity index (χ4n) is 1.59. The summed E-state index contributed by atoms with van der Waals surface area (Å²) in [6.07, 6.45) is 0. The van der Waals surface area contributed by atoms with Crippen LogP contribution in [0.1, 0.15) is 13.8 Å². The Morgan fingerprint density at radius 2 is 2.05 bits per heavy atom. The molecule has 0 atom stereocenters. The lowest BCUT2D eigenvalue weighted by Gasteiger charge is -2.19. The first-order chi connectivity index (χ1) is 9.55. The Labute approximate surface area is 137 Å². The lowest BCUT2D eigenvalue weighted by molar-refractivity contribution is -0.121. The molecule has 1 aromatic carbocycles. The second-order valence-corrected chi connectivity index (χ2v) is 8.03. The third kappa shape index (κ3) is 4.57. The number of sulfonamides is 1. The van der Waals surface area contributed by atoms with Gasteiger partial charge < -0.3 is 11.1 Å². The summed E-state index contributed by atoms with van der Waals surface area (Å²) in [6.45, 7) is 3.29. The van der Waals surface area contributed by atoms with E-state index in [2.05, 4.69) is 21.2 Å². The van der Waals surface area contributed by atoms with Crippen molar-refractivity contribution in [2.75, 3.05) is 19.3 Å². The molecular weight excluding hydrogens is 382 g/mol. The molecule has 21 heavy (non-hydrogen) atoms. The quantitative estimate of drug-likeness (QED) is 0.740. The topological polar surface area (TPSA) is 92.5 Å². The maximum atomic E-state index is 12.5. The van der Waals surface area contributed by atoms with Crippen LogP contribution in [0.25, 0.3) is 0 Å². The number of likely N-dealkylation sites (N-methyl/N-ethyl adjacent to an activating group) is 1. The molecule has 6 nitrogen and oxygen atoms in total. The number of nitrogens with two attached hydrogens (primary N) is 1. The number of nitrogens with one attached hydrogen (secondary N) is 1. The first kappa shape index (κ1) is 18.2. The van der Waals surface area contributed by atoms with Crippen LogP contribution in [-0.4, -0.2) is 38.3 Å². The van der Waals surface area contributed by atoms with Crippen molar-refractivity contribution in [2.24, 2.45) is 0 Å². The smallest absolute Gasteiger partial charge is 0.244 e. The number of amides is 1. The predicted molar refractivity (Wildman–Crippen MR) is 86.7 cm³/mol. The highest BCUT2D eigenvalue weighted by atomic mass is 79.9. The SMILES string of the molecule is CC(C)NC(=O)CN(C)S(=O)(=O)c1cc(Cl)cc(N)c1Br. The van der Waals surface area contributed by atoms with Crippen molar-refractivity contribution in [3.8, 4) is 0 Å². The van der Waals surface area contributed by atoms with Gasteiger partial charge in [-0.2, -0.15) is 4.31 Å². The van der Waals surface area contributed by atoms with Gasteiger partial charge in [0.1, 0.15) is 0 Å². The van der Waals surface area contributed by atoms with Crippen molar-refractivity contribution in [1.82, 2.24) is 9.62 Å². The fourth-order valence-corrected chi connectivity index (χ4v) is 3.97. The summed E-state index contributed by atoms with van der Waals surface area (Å²) >= 11 is 8.98. The maximum Gasteiger partial charge on any atom is 0.244 e. The third-order valence-electron chi connectivity index (χ3n) is 2.54. The van der Waals surface area contributed by atoms with Gasteiger partial charge in [0, 0.05) is 23.8 Å². The Morgan fingerprint density at radius 3 is 2.57 bits per heavy atom. The number of benzene rings is 1. The minimum Gasteiger partial charge on any atom is -0.398 e. The van der Waals surface area contributed by atoms with Gasteiger partial charge in [0.25, 0.3) is 0 Å². The predicted octanol–water partition coefficient (Wildman–Crippen LogP) is 1.83. The molecule has 0 unspecified atom stereocenters. The summed E-state index contributed by atoms with van der Waals surface area (Å²) in [7, 11) is -2.57. The Kier molecular flexibility index (Phi) is 6.03. The standard InChI is InChI=1S/C12H17BrClN3O3S/c1-7(2)16-11(18)6-17(3)21(19,20)10-5-8(14)4-9(15)12(10)13/h4-5,7H,6,15H2,1-3H3,(H,16,18). The van der Waals surface area contributed by atoms with Crippen molar-refractivity contribution >= 4 is 49.1 Å². The zero-order valence-corrected chi connectivity index (χ0v) is 15.0. The normalized spacial score (nSPS) is 12.0. The van der Waals surface area contributed by atoms with E-state index in [0.29, 0.717) is 0 Å². The first-order valence-corrected chi connectivity index (χ1v) is 8.67. The molecule has 0 bridgehead atoms. The van der Waals surface area contributed by atoms with Gasteiger partial charge in [-0.15, -0.1) is 0 Å². The molecule has 0 spiro atoms. The van der Waals surface area contributed by atoms with Crippen molar-refractivity contribution in [1.29, 1.82) is 0 Å². The molecule has 0 aromatic heterocycles. The molecule has 0 aliphatic rings. The van der Waals surface area contributed by atoms with Gasteiger partial charge in [-0.3, -0.25) is 4.79 Å². The molecule has 3 N–H and O–H groups in total. The van der Waals surface area contributed by atoms with Gasteiger partial charge in [0.2, 0.25) is 15.9 Å². The van der Waals surface area contributed by atoms with E-state index < -0.39 is 10.0 Å². The molecule has 0 heterocycles. The summed E-state index contributed by atoms with van der Waals surface area (Å²) in [5.74, 6) is -0.387. The van der Waals surface area contributed by atoms with E-state index in [4.69, 9.17) is 17.3 Å². The van der Waals surface area contributed by atoms with Crippen LogP contribution in [0, 0.1) is 0 Å². The highest BCUT2D eigenvalue weighted by molar-refractivity contribution is 9.10. The van der Waals surface area contributed by atoms with Crippen LogP contribution in [0.3, 0.4) is 0 Å². The molecule has 0 saturated carbocycles. The Balaban J connectivity index is 3.09. The molecule has 9 heteroatoms. The number of hydrogen-bond acceptors (Lipinski definition) is 4. The lowest BCUT2D eigenvalue weighted by Crippen LogP contribution is -2.40. The molecule has 1 amide bonds. The van der Waals surface area contributed by atoms with Gasteiger partial charge in [0.05, 0.1) is 15.9 Å². The molecule has 1 rings (SSSR count). The average Bonchev–Trinajstić information content (AvgIpc) is 2.32. The van der Waals surface area contributed by atoms with Gasteiger partial charge in [-0.1, -0.05) is 11.6 Å². The van der Waals surface area contributed by atoms with Gasteiger partial charge in [-0.25, -0.2) is 8.42 Å². The zero-order valence-electron chi connectivity index (χ0n) is 11.9. The summed E-state index contributed by atoms with van der Waals surface area (Å²) in [4.78, 5) is 11.6. The second kappa shape index (κ2) is 6.95. The van der Waals surface area contributed by atoms with Crippen molar-refractivity contribution in [2.45, 2.75) is 24.8 Å². The van der Waals surface area contributed by atoms with E-state index in [1.807, 2.05) is 0 Å². The van der Waals surface area contributed by atoms with Crippen LogP contribution >= 0.6 is 27.5 Å². The van der Waals surface area contributed by atoms with Crippen LogP contribution in [0.4, 0.5) is 5.69 Å². The summed E-state index contributed by atoms with van der Waals surface area (Å²) in [5.41, 5.74) is 5.90. The molecule has 0 aliphatic carbocycles. The van der Waals surface area contributed by atoms with E-state index in [0.717, 1.165) is 4.31 Å². The average molecular weight is 399 g/mol. The van der Waals surface area contributed by atoms with Crippen LogP contribution in [0.2, 0.25) is 5.02 Å². The third-order valence-corrected chi connectivity index (χ3v) is 5.73. The van der Waals surface area contributed by atoms with E-state index in [1.165, 1.54) is 19.2 Å². The van der Waals surface area contributed by atoms with E-state index >= 15 is 0 Å². The van der Waals surface area contributed by atoms with Crippen molar-refractivity contribution in [3.05, 3.63) is 21.6 Å². The Hall–Kier alpha value is -0.830. The molecule has 0 fully saturated rings. The number of rotatable bonds is 5. The van der Waals surface area contributed by atoms with Crippen LogP contribution in [-0.2, 0) is 14.8 Å². The van der Waals surface area contributed by atoms with Crippen LogP contribution < -0.4 is 11.1 Å². The summed E-state index contributed by atoms with van der Waals surface area (Å²) < 4.78 is 26.1. The highest BCUT2D eigenvalue weighted by Crippen LogP contribution is 2.32. The summed E-state index contributed by atoms with van der Waals surface area (Å²) in [6, 6.07) is 2.66. The van der Waals surface area contributed by atoms with E-state index in [-0.39, 0.29) is 38.6 Å². The number of nitrogen functional groups attached to an aromatic ring is 1. The monoisotopic (exact) mass is 397 g/mol.